The minimum atomic E-state index is -0.361. The fourth-order valence-corrected chi connectivity index (χ4v) is 2.16. The van der Waals surface area contributed by atoms with Gasteiger partial charge in [-0.15, -0.1) is 0 Å². The van der Waals surface area contributed by atoms with Crippen molar-refractivity contribution >= 4 is 11.6 Å². The second kappa shape index (κ2) is 7.10. The van der Waals surface area contributed by atoms with Gasteiger partial charge in [0, 0.05) is 12.1 Å². The Balaban J connectivity index is 2.53. The molecule has 1 rings (SSSR count). The van der Waals surface area contributed by atoms with Crippen LogP contribution in [0.5, 0.6) is 0 Å². The second-order valence-electron chi connectivity index (χ2n) is 5.43. The van der Waals surface area contributed by atoms with Gasteiger partial charge < -0.3 is 5.32 Å². The molecule has 0 fully saturated rings. The Labute approximate surface area is 115 Å². The molecule has 0 aliphatic rings. The van der Waals surface area contributed by atoms with Crippen molar-refractivity contribution in [1.29, 1.82) is 0 Å². The van der Waals surface area contributed by atoms with E-state index in [0.29, 0.717) is 6.04 Å². The first-order chi connectivity index (χ1) is 8.40. The summed E-state index contributed by atoms with van der Waals surface area (Å²) in [5.74, 6) is 0.366. The first-order valence-corrected chi connectivity index (χ1v) is 6.99. The summed E-state index contributed by atoms with van der Waals surface area (Å²) in [7, 11) is 0. The molecule has 0 saturated carbocycles. The van der Waals surface area contributed by atoms with Crippen LogP contribution < -0.4 is 5.32 Å². The summed E-state index contributed by atoms with van der Waals surface area (Å²) in [4.78, 5) is 0. The molecule has 0 heterocycles. The topological polar surface area (TPSA) is 12.0 Å². The molecular formula is C15H23ClFN. The highest BCUT2D eigenvalue weighted by molar-refractivity contribution is 6.30. The maximum Gasteiger partial charge on any atom is 0.141 e. The SMILES string of the molecule is CC(C)CCC(C)NC(C)c1ccc(F)c(Cl)c1. The summed E-state index contributed by atoms with van der Waals surface area (Å²) < 4.78 is 13.1. The van der Waals surface area contributed by atoms with E-state index in [1.165, 1.54) is 12.5 Å². The Morgan fingerprint density at radius 2 is 1.83 bits per heavy atom. The predicted molar refractivity (Wildman–Crippen MR) is 76.5 cm³/mol. The van der Waals surface area contributed by atoms with Crippen molar-refractivity contribution in [2.24, 2.45) is 5.92 Å². The fraction of sp³-hybridized carbons (Fsp3) is 0.600. The standard InChI is InChI=1S/C15H23ClFN/c1-10(2)5-6-11(3)18-12(4)13-7-8-15(17)14(16)9-13/h7-12,18H,5-6H2,1-4H3. The van der Waals surface area contributed by atoms with Gasteiger partial charge in [-0.2, -0.15) is 0 Å². The van der Waals surface area contributed by atoms with Gasteiger partial charge in [-0.25, -0.2) is 4.39 Å². The normalized spacial score (nSPS) is 14.8. The quantitative estimate of drug-likeness (QED) is 0.772. The molecule has 0 spiro atoms. The summed E-state index contributed by atoms with van der Waals surface area (Å²) in [6.07, 6.45) is 2.36. The zero-order chi connectivity index (χ0) is 13.7. The third kappa shape index (κ3) is 4.95. The summed E-state index contributed by atoms with van der Waals surface area (Å²) in [6.45, 7) is 8.73. The lowest BCUT2D eigenvalue weighted by Gasteiger charge is -2.21. The average Bonchev–Trinajstić information content (AvgIpc) is 2.30. The smallest absolute Gasteiger partial charge is 0.141 e. The van der Waals surface area contributed by atoms with Crippen LogP contribution in [0.1, 0.15) is 52.1 Å². The monoisotopic (exact) mass is 271 g/mol. The number of halogens is 2. The lowest BCUT2D eigenvalue weighted by molar-refractivity contribution is 0.417. The Morgan fingerprint density at radius 3 is 2.39 bits per heavy atom. The van der Waals surface area contributed by atoms with Crippen molar-refractivity contribution in [3.8, 4) is 0 Å². The summed E-state index contributed by atoms with van der Waals surface area (Å²) in [5.41, 5.74) is 1.03. The van der Waals surface area contributed by atoms with Crippen LogP contribution in [0.2, 0.25) is 5.02 Å². The third-order valence-corrected chi connectivity index (χ3v) is 3.44. The number of nitrogens with one attached hydrogen (secondary N) is 1. The van der Waals surface area contributed by atoms with Crippen molar-refractivity contribution in [3.63, 3.8) is 0 Å². The molecule has 0 aliphatic heterocycles. The largest absolute Gasteiger partial charge is 0.308 e. The summed E-state index contributed by atoms with van der Waals surface area (Å²) in [6, 6.07) is 5.54. The van der Waals surface area contributed by atoms with Crippen LogP contribution in [-0.2, 0) is 0 Å². The summed E-state index contributed by atoms with van der Waals surface area (Å²) in [5, 5.41) is 3.71. The zero-order valence-corrected chi connectivity index (χ0v) is 12.4. The average molecular weight is 272 g/mol. The molecule has 1 aromatic carbocycles. The van der Waals surface area contributed by atoms with Crippen LogP contribution >= 0.6 is 11.6 Å². The molecule has 0 aliphatic carbocycles. The fourth-order valence-electron chi connectivity index (χ4n) is 1.97. The first-order valence-electron chi connectivity index (χ1n) is 6.61. The van der Waals surface area contributed by atoms with E-state index in [1.807, 2.05) is 0 Å². The van der Waals surface area contributed by atoms with E-state index < -0.39 is 0 Å². The number of hydrogen-bond acceptors (Lipinski definition) is 1. The minimum absolute atomic E-state index is 0.185. The molecule has 2 atom stereocenters. The van der Waals surface area contributed by atoms with Gasteiger partial charge in [-0.1, -0.05) is 31.5 Å². The minimum Gasteiger partial charge on any atom is -0.308 e. The molecule has 102 valence electrons. The number of benzene rings is 1. The molecule has 0 radical (unpaired) electrons. The zero-order valence-electron chi connectivity index (χ0n) is 11.6. The highest BCUT2D eigenvalue weighted by Gasteiger charge is 2.11. The number of rotatable bonds is 6. The molecule has 0 aromatic heterocycles. The van der Waals surface area contributed by atoms with Gasteiger partial charge in [0.15, 0.2) is 0 Å². The van der Waals surface area contributed by atoms with E-state index in [4.69, 9.17) is 11.6 Å². The van der Waals surface area contributed by atoms with Gasteiger partial charge in [0.2, 0.25) is 0 Å². The Hall–Kier alpha value is -0.600. The van der Waals surface area contributed by atoms with Crippen LogP contribution in [-0.4, -0.2) is 6.04 Å². The Kier molecular flexibility index (Phi) is 6.10. The number of hydrogen-bond donors (Lipinski definition) is 1. The van der Waals surface area contributed by atoms with E-state index in [2.05, 4.69) is 33.0 Å². The Morgan fingerprint density at radius 1 is 1.17 bits per heavy atom. The highest BCUT2D eigenvalue weighted by atomic mass is 35.5. The van der Waals surface area contributed by atoms with E-state index >= 15 is 0 Å². The van der Waals surface area contributed by atoms with Gasteiger partial charge in [-0.05, 0) is 50.3 Å². The molecule has 1 nitrogen and oxygen atoms in total. The van der Waals surface area contributed by atoms with E-state index in [9.17, 15) is 4.39 Å². The third-order valence-electron chi connectivity index (χ3n) is 3.16. The molecule has 0 amide bonds. The van der Waals surface area contributed by atoms with Crippen molar-refractivity contribution in [1.82, 2.24) is 5.32 Å². The second-order valence-corrected chi connectivity index (χ2v) is 5.84. The van der Waals surface area contributed by atoms with Crippen LogP contribution in [0, 0.1) is 11.7 Å². The van der Waals surface area contributed by atoms with Crippen molar-refractivity contribution < 1.29 is 4.39 Å². The maximum absolute atomic E-state index is 13.1. The van der Waals surface area contributed by atoms with Crippen molar-refractivity contribution in [3.05, 3.63) is 34.6 Å². The maximum atomic E-state index is 13.1. The van der Waals surface area contributed by atoms with Crippen LogP contribution in [0.25, 0.3) is 0 Å². The van der Waals surface area contributed by atoms with E-state index in [0.717, 1.165) is 17.9 Å². The van der Waals surface area contributed by atoms with Crippen molar-refractivity contribution in [2.75, 3.05) is 0 Å². The van der Waals surface area contributed by atoms with Gasteiger partial charge >= 0.3 is 0 Å². The molecule has 0 saturated heterocycles. The van der Waals surface area contributed by atoms with Gasteiger partial charge in [0.1, 0.15) is 5.82 Å². The molecule has 1 aromatic rings. The van der Waals surface area contributed by atoms with Gasteiger partial charge in [0.25, 0.3) is 0 Å². The van der Waals surface area contributed by atoms with Gasteiger partial charge in [-0.3, -0.25) is 0 Å². The van der Waals surface area contributed by atoms with Crippen LogP contribution in [0.3, 0.4) is 0 Å². The predicted octanol–water partition coefficient (Wildman–Crippen LogP) is 4.95. The lowest BCUT2D eigenvalue weighted by Crippen LogP contribution is -2.29. The molecule has 0 bridgehead atoms. The van der Waals surface area contributed by atoms with Gasteiger partial charge in [0.05, 0.1) is 5.02 Å². The molecule has 18 heavy (non-hydrogen) atoms. The highest BCUT2D eigenvalue weighted by Crippen LogP contribution is 2.21. The van der Waals surface area contributed by atoms with E-state index in [1.54, 1.807) is 12.1 Å². The lowest BCUT2D eigenvalue weighted by atomic mass is 10.0. The Bertz CT molecular complexity index is 379. The molecule has 1 N–H and O–H groups in total. The first kappa shape index (κ1) is 15.5. The van der Waals surface area contributed by atoms with E-state index in [-0.39, 0.29) is 16.9 Å². The van der Waals surface area contributed by atoms with Crippen molar-refractivity contribution in [2.45, 2.75) is 52.6 Å². The molecule has 3 heteroatoms. The molecular weight excluding hydrogens is 249 g/mol. The van der Waals surface area contributed by atoms with Crippen LogP contribution in [0.15, 0.2) is 18.2 Å². The van der Waals surface area contributed by atoms with Crippen LogP contribution in [0.4, 0.5) is 4.39 Å². The molecule has 2 unspecified atom stereocenters. The summed E-state index contributed by atoms with van der Waals surface area (Å²) >= 11 is 5.79.